The molecule has 168 valence electrons. The van der Waals surface area contributed by atoms with Crippen molar-refractivity contribution in [3.63, 3.8) is 0 Å². The quantitative estimate of drug-likeness (QED) is 0.482. The first-order valence-electron chi connectivity index (χ1n) is 9.79. The van der Waals surface area contributed by atoms with Crippen LogP contribution >= 0.6 is 0 Å². The molecule has 2 N–H and O–H groups in total. The Morgan fingerprint density at radius 1 is 0.938 bits per heavy atom. The van der Waals surface area contributed by atoms with E-state index in [-0.39, 0.29) is 5.69 Å². The van der Waals surface area contributed by atoms with Gasteiger partial charge < -0.3 is 20.1 Å². The third-order valence-corrected chi connectivity index (χ3v) is 4.87. The second-order valence-corrected chi connectivity index (χ2v) is 7.04. The Labute approximate surface area is 184 Å². The van der Waals surface area contributed by atoms with Crippen LogP contribution in [0.25, 0.3) is 11.1 Å². The van der Waals surface area contributed by atoms with E-state index in [1.165, 1.54) is 18.2 Å². The summed E-state index contributed by atoms with van der Waals surface area (Å²) in [4.78, 5) is 12.6. The van der Waals surface area contributed by atoms with E-state index in [0.29, 0.717) is 17.2 Å². The Morgan fingerprint density at radius 2 is 1.62 bits per heavy atom. The molecule has 32 heavy (non-hydrogen) atoms. The van der Waals surface area contributed by atoms with Gasteiger partial charge in [0.1, 0.15) is 17.5 Å². The Bertz CT molecular complexity index is 1080. The van der Waals surface area contributed by atoms with E-state index < -0.39 is 23.7 Å². The van der Waals surface area contributed by atoms with Gasteiger partial charge in [0.15, 0.2) is 0 Å². The number of hydrogen-bond acceptors (Lipinski definition) is 4. The first-order chi connectivity index (χ1) is 15.2. The number of benzene rings is 3. The fourth-order valence-electron chi connectivity index (χ4n) is 3.19. The van der Waals surface area contributed by atoms with Crippen molar-refractivity contribution < 1.29 is 27.4 Å². The van der Waals surface area contributed by atoms with Gasteiger partial charge in [-0.3, -0.25) is 4.79 Å². The van der Waals surface area contributed by atoms with Crippen molar-refractivity contribution in [2.24, 2.45) is 0 Å². The summed E-state index contributed by atoms with van der Waals surface area (Å²) >= 11 is 0. The van der Waals surface area contributed by atoms with Crippen LogP contribution in [0.5, 0.6) is 11.5 Å². The summed E-state index contributed by atoms with van der Waals surface area (Å²) in [6, 6.07) is 16.8. The molecule has 0 saturated carbocycles. The highest BCUT2D eigenvalue weighted by Gasteiger charge is 2.33. The van der Waals surface area contributed by atoms with Gasteiger partial charge in [-0.1, -0.05) is 24.3 Å². The zero-order chi connectivity index (χ0) is 23.3. The van der Waals surface area contributed by atoms with E-state index >= 15 is 0 Å². The molecule has 0 aliphatic heterocycles. The number of ether oxygens (including phenoxy) is 2. The van der Waals surface area contributed by atoms with Crippen LogP contribution in [0.4, 0.5) is 24.5 Å². The zero-order valence-electron chi connectivity index (χ0n) is 17.8. The van der Waals surface area contributed by atoms with Gasteiger partial charge in [0, 0.05) is 11.3 Å². The van der Waals surface area contributed by atoms with Crippen LogP contribution in [0.1, 0.15) is 12.5 Å². The third-order valence-electron chi connectivity index (χ3n) is 4.87. The number of para-hydroxylation sites is 1. The number of nitrogens with one attached hydrogen (secondary N) is 2. The Morgan fingerprint density at radius 3 is 2.25 bits per heavy atom. The Hall–Kier alpha value is -3.68. The third kappa shape index (κ3) is 5.32. The predicted octanol–water partition coefficient (Wildman–Crippen LogP) is 5.83. The molecule has 5 nitrogen and oxygen atoms in total. The topological polar surface area (TPSA) is 59.6 Å². The van der Waals surface area contributed by atoms with Crippen molar-refractivity contribution >= 4 is 17.3 Å². The number of carbonyl (C=O) groups is 1. The Kier molecular flexibility index (Phi) is 6.92. The number of methoxy groups -OCH3 is 2. The highest BCUT2D eigenvalue weighted by Crippen LogP contribution is 2.35. The van der Waals surface area contributed by atoms with Crippen LogP contribution in [-0.2, 0) is 11.0 Å². The molecule has 0 spiro atoms. The van der Waals surface area contributed by atoms with E-state index in [9.17, 15) is 18.0 Å². The highest BCUT2D eigenvalue weighted by molar-refractivity contribution is 5.97. The van der Waals surface area contributed by atoms with Crippen LogP contribution in [0.15, 0.2) is 66.7 Å². The highest BCUT2D eigenvalue weighted by atomic mass is 19.4. The van der Waals surface area contributed by atoms with Gasteiger partial charge in [-0.05, 0) is 55.0 Å². The fraction of sp³-hybridized carbons (Fsp3) is 0.208. The molecule has 8 heteroatoms. The maximum absolute atomic E-state index is 13.2. The minimum atomic E-state index is -4.57. The lowest BCUT2D eigenvalue weighted by Gasteiger charge is -2.19. The average Bonchev–Trinajstić information content (AvgIpc) is 2.78. The molecule has 0 saturated heterocycles. The molecule has 0 radical (unpaired) electrons. The van der Waals surface area contributed by atoms with Crippen molar-refractivity contribution in [2.75, 3.05) is 24.9 Å². The first kappa shape index (κ1) is 23.0. The number of amides is 1. The fourth-order valence-corrected chi connectivity index (χ4v) is 3.19. The van der Waals surface area contributed by atoms with Crippen molar-refractivity contribution in [2.45, 2.75) is 19.1 Å². The predicted molar refractivity (Wildman–Crippen MR) is 118 cm³/mol. The largest absolute Gasteiger partial charge is 0.497 e. The molecule has 3 rings (SSSR count). The average molecular weight is 444 g/mol. The van der Waals surface area contributed by atoms with E-state index in [1.807, 2.05) is 30.3 Å². The van der Waals surface area contributed by atoms with Gasteiger partial charge in [-0.2, -0.15) is 13.2 Å². The van der Waals surface area contributed by atoms with E-state index in [0.717, 1.165) is 17.2 Å². The van der Waals surface area contributed by atoms with Crippen molar-refractivity contribution in [1.82, 2.24) is 0 Å². The summed E-state index contributed by atoms with van der Waals surface area (Å²) in [7, 11) is 3.14. The number of alkyl halides is 3. The van der Waals surface area contributed by atoms with Gasteiger partial charge >= 0.3 is 6.18 Å². The van der Waals surface area contributed by atoms with E-state index in [2.05, 4.69) is 10.6 Å². The molecule has 3 aromatic rings. The van der Waals surface area contributed by atoms with Crippen molar-refractivity contribution in [3.8, 4) is 22.6 Å². The summed E-state index contributed by atoms with van der Waals surface area (Å²) in [6.45, 7) is 1.57. The molecule has 0 fully saturated rings. The number of hydrogen-bond donors (Lipinski definition) is 2. The van der Waals surface area contributed by atoms with Gasteiger partial charge in [0.2, 0.25) is 5.91 Å². The lowest BCUT2D eigenvalue weighted by Crippen LogP contribution is -2.32. The molecule has 0 heterocycles. The number of carbonyl (C=O) groups excluding carboxylic acids is 1. The van der Waals surface area contributed by atoms with Gasteiger partial charge in [0.25, 0.3) is 0 Å². The lowest BCUT2D eigenvalue weighted by atomic mass is 10.0. The second-order valence-electron chi connectivity index (χ2n) is 7.04. The summed E-state index contributed by atoms with van der Waals surface area (Å²) in [5, 5.41) is 5.39. The summed E-state index contributed by atoms with van der Waals surface area (Å²) in [5.74, 6) is 0.756. The molecule has 1 amide bonds. The molecule has 3 aromatic carbocycles. The summed E-state index contributed by atoms with van der Waals surface area (Å²) in [5.41, 5.74) is 1.10. The minimum absolute atomic E-state index is 0.285. The Balaban J connectivity index is 1.79. The maximum Gasteiger partial charge on any atom is 0.418 e. The van der Waals surface area contributed by atoms with Gasteiger partial charge in [-0.25, -0.2) is 0 Å². The van der Waals surface area contributed by atoms with Crippen molar-refractivity contribution in [3.05, 3.63) is 72.3 Å². The van der Waals surface area contributed by atoms with Gasteiger partial charge in [0.05, 0.1) is 25.5 Å². The SMILES string of the molecule is COc1ccc(-c2cc(NC(C)C(=O)Nc3ccccc3C(F)(F)F)ccc2OC)cc1. The second kappa shape index (κ2) is 9.64. The smallest absolute Gasteiger partial charge is 0.418 e. The molecular weight excluding hydrogens is 421 g/mol. The first-order valence-corrected chi connectivity index (χ1v) is 9.79. The lowest BCUT2D eigenvalue weighted by molar-refractivity contribution is -0.137. The maximum atomic E-state index is 13.2. The van der Waals surface area contributed by atoms with E-state index in [1.54, 1.807) is 33.3 Å². The summed E-state index contributed by atoms with van der Waals surface area (Å²) in [6.07, 6.45) is -4.57. The zero-order valence-corrected chi connectivity index (χ0v) is 17.8. The van der Waals surface area contributed by atoms with Crippen molar-refractivity contribution in [1.29, 1.82) is 0 Å². The molecule has 0 bridgehead atoms. The minimum Gasteiger partial charge on any atom is -0.497 e. The monoisotopic (exact) mass is 444 g/mol. The standard InChI is InChI=1S/C24H23F3N2O3/c1-15(23(30)29-21-7-5-4-6-20(21)24(25,26)27)28-17-10-13-22(32-3)19(14-17)16-8-11-18(31-2)12-9-16/h4-15,28H,1-3H3,(H,29,30). The van der Waals surface area contributed by atoms with E-state index in [4.69, 9.17) is 9.47 Å². The number of halogens is 3. The van der Waals surface area contributed by atoms with Crippen LogP contribution in [0.2, 0.25) is 0 Å². The van der Waals surface area contributed by atoms with Crippen LogP contribution in [0.3, 0.4) is 0 Å². The molecule has 0 aliphatic rings. The van der Waals surface area contributed by atoms with Crippen LogP contribution in [-0.4, -0.2) is 26.2 Å². The molecule has 0 aliphatic carbocycles. The normalized spacial score (nSPS) is 12.1. The number of rotatable bonds is 7. The summed E-state index contributed by atoms with van der Waals surface area (Å²) < 4.78 is 50.2. The molecular formula is C24H23F3N2O3. The van der Waals surface area contributed by atoms with Crippen LogP contribution < -0.4 is 20.1 Å². The van der Waals surface area contributed by atoms with Crippen LogP contribution in [0, 0.1) is 0 Å². The molecule has 1 unspecified atom stereocenters. The number of anilines is 2. The molecule has 0 aromatic heterocycles. The van der Waals surface area contributed by atoms with Gasteiger partial charge in [-0.15, -0.1) is 0 Å². The molecule has 1 atom stereocenters.